The van der Waals surface area contributed by atoms with E-state index in [1.54, 1.807) is 0 Å². The maximum absolute atomic E-state index is 12.6. The standard InChI is InChI=1S/C21H34N4O.3ClH/c1-3-24-12-14-25(15-13-24)16-17-7-9-18(10-8-17)23-20(26)19-6-4-5-11-21(19,2)22;;;/h7-10,19H,3-6,11-16,22H2,1-2H3,(H,23,26);3*1H. The van der Waals surface area contributed by atoms with Crippen LogP contribution in [-0.4, -0.2) is 54.0 Å². The maximum Gasteiger partial charge on any atom is 0.229 e. The lowest BCUT2D eigenvalue weighted by Crippen LogP contribution is -2.51. The second-order valence-electron chi connectivity index (χ2n) is 8.20. The van der Waals surface area contributed by atoms with Crippen molar-refractivity contribution in [3.8, 4) is 0 Å². The minimum Gasteiger partial charge on any atom is -0.326 e. The Labute approximate surface area is 194 Å². The number of benzene rings is 1. The number of hydrogen-bond donors (Lipinski definition) is 2. The van der Waals surface area contributed by atoms with Crippen molar-refractivity contribution in [2.45, 2.75) is 51.6 Å². The molecule has 1 saturated heterocycles. The molecular weight excluding hydrogens is 431 g/mol. The number of anilines is 1. The Bertz CT molecular complexity index is 604. The number of likely N-dealkylation sites (N-methyl/N-ethyl adjacent to an activating group) is 1. The van der Waals surface area contributed by atoms with E-state index in [1.807, 2.05) is 19.1 Å². The molecule has 168 valence electrons. The third-order valence-corrected chi connectivity index (χ3v) is 6.11. The van der Waals surface area contributed by atoms with Crippen LogP contribution < -0.4 is 11.1 Å². The Morgan fingerprint density at radius 1 is 1.07 bits per heavy atom. The van der Waals surface area contributed by atoms with Gasteiger partial charge in [-0.05, 0) is 44.0 Å². The minimum atomic E-state index is -0.386. The smallest absolute Gasteiger partial charge is 0.229 e. The van der Waals surface area contributed by atoms with Gasteiger partial charge in [0.1, 0.15) is 0 Å². The van der Waals surface area contributed by atoms with Crippen LogP contribution in [0.25, 0.3) is 0 Å². The molecule has 3 N–H and O–H groups in total. The van der Waals surface area contributed by atoms with Gasteiger partial charge < -0.3 is 16.0 Å². The molecule has 5 nitrogen and oxygen atoms in total. The molecule has 1 heterocycles. The van der Waals surface area contributed by atoms with Crippen molar-refractivity contribution in [2.75, 3.05) is 38.0 Å². The molecule has 29 heavy (non-hydrogen) atoms. The summed E-state index contributed by atoms with van der Waals surface area (Å²) < 4.78 is 0. The molecule has 8 heteroatoms. The number of nitrogens with two attached hydrogens (primary N) is 1. The van der Waals surface area contributed by atoms with Gasteiger partial charge in [0.25, 0.3) is 0 Å². The van der Waals surface area contributed by atoms with Crippen molar-refractivity contribution >= 4 is 48.8 Å². The van der Waals surface area contributed by atoms with Crippen molar-refractivity contribution < 1.29 is 4.79 Å². The molecule has 0 radical (unpaired) electrons. The summed E-state index contributed by atoms with van der Waals surface area (Å²) in [5.74, 6) is -0.0241. The van der Waals surface area contributed by atoms with E-state index >= 15 is 0 Å². The third-order valence-electron chi connectivity index (χ3n) is 6.11. The summed E-state index contributed by atoms with van der Waals surface area (Å²) in [6.07, 6.45) is 4.03. The summed E-state index contributed by atoms with van der Waals surface area (Å²) in [6.45, 7) is 10.9. The summed E-state index contributed by atoms with van der Waals surface area (Å²) in [5, 5.41) is 3.07. The van der Waals surface area contributed by atoms with Crippen LogP contribution in [0.1, 0.15) is 45.1 Å². The minimum absolute atomic E-state index is 0. The number of carbonyl (C=O) groups is 1. The summed E-state index contributed by atoms with van der Waals surface area (Å²) in [4.78, 5) is 17.6. The number of piperazine rings is 1. The average molecular weight is 468 g/mol. The van der Waals surface area contributed by atoms with Gasteiger partial charge in [0.2, 0.25) is 5.91 Å². The van der Waals surface area contributed by atoms with Crippen LogP contribution in [-0.2, 0) is 11.3 Å². The van der Waals surface area contributed by atoms with Crippen LogP contribution in [0.3, 0.4) is 0 Å². The average Bonchev–Trinajstić information content (AvgIpc) is 2.63. The van der Waals surface area contributed by atoms with Gasteiger partial charge >= 0.3 is 0 Å². The highest BCUT2D eigenvalue weighted by atomic mass is 35.5. The number of hydrogen-bond acceptors (Lipinski definition) is 4. The fraction of sp³-hybridized carbons (Fsp3) is 0.667. The van der Waals surface area contributed by atoms with E-state index in [4.69, 9.17) is 5.73 Å². The van der Waals surface area contributed by atoms with E-state index in [9.17, 15) is 4.79 Å². The van der Waals surface area contributed by atoms with E-state index in [0.717, 1.165) is 70.6 Å². The Morgan fingerprint density at radius 2 is 1.66 bits per heavy atom. The molecule has 1 aliphatic heterocycles. The van der Waals surface area contributed by atoms with E-state index in [1.165, 1.54) is 5.56 Å². The van der Waals surface area contributed by atoms with Crippen molar-refractivity contribution in [2.24, 2.45) is 11.7 Å². The summed E-state index contributed by atoms with van der Waals surface area (Å²) in [5.41, 5.74) is 8.14. The van der Waals surface area contributed by atoms with Crippen LogP contribution in [0.15, 0.2) is 24.3 Å². The van der Waals surface area contributed by atoms with E-state index in [0.29, 0.717) is 0 Å². The zero-order chi connectivity index (χ0) is 18.6. The Morgan fingerprint density at radius 3 is 2.21 bits per heavy atom. The molecule has 2 aliphatic rings. The topological polar surface area (TPSA) is 61.6 Å². The lowest BCUT2D eigenvalue weighted by Gasteiger charge is -2.37. The molecule has 1 aliphatic carbocycles. The predicted octanol–water partition coefficient (Wildman–Crippen LogP) is 3.94. The molecular formula is C21H37Cl3N4O. The number of amides is 1. The molecule has 2 fully saturated rings. The number of halogens is 3. The van der Waals surface area contributed by atoms with Gasteiger partial charge in [-0.25, -0.2) is 0 Å². The molecule has 2 atom stereocenters. The lowest BCUT2D eigenvalue weighted by atomic mass is 9.74. The highest BCUT2D eigenvalue weighted by Crippen LogP contribution is 2.32. The first-order valence-electron chi connectivity index (χ1n) is 10.1. The van der Waals surface area contributed by atoms with Crippen molar-refractivity contribution in [3.05, 3.63) is 29.8 Å². The number of carbonyl (C=O) groups excluding carboxylic acids is 1. The van der Waals surface area contributed by atoms with E-state index < -0.39 is 0 Å². The Balaban J connectivity index is 0.00000261. The quantitative estimate of drug-likeness (QED) is 0.688. The first-order valence-corrected chi connectivity index (χ1v) is 10.1. The molecule has 0 bridgehead atoms. The third kappa shape index (κ3) is 7.89. The van der Waals surface area contributed by atoms with Gasteiger partial charge in [-0.2, -0.15) is 0 Å². The van der Waals surface area contributed by atoms with Gasteiger partial charge in [0, 0.05) is 44.0 Å². The van der Waals surface area contributed by atoms with Gasteiger partial charge in [-0.3, -0.25) is 9.69 Å². The maximum atomic E-state index is 12.6. The zero-order valence-electron chi connectivity index (χ0n) is 17.6. The van der Waals surface area contributed by atoms with E-state index in [-0.39, 0.29) is 54.6 Å². The fourth-order valence-corrected chi connectivity index (χ4v) is 4.23. The zero-order valence-corrected chi connectivity index (χ0v) is 20.0. The highest BCUT2D eigenvalue weighted by Gasteiger charge is 2.37. The molecule has 1 aromatic rings. The number of nitrogens with zero attached hydrogens (tertiary/aromatic N) is 2. The van der Waals surface area contributed by atoms with Crippen molar-refractivity contribution in [3.63, 3.8) is 0 Å². The second kappa shape index (κ2) is 13.0. The Kier molecular flexibility index (Phi) is 12.7. The molecule has 2 unspecified atom stereocenters. The monoisotopic (exact) mass is 466 g/mol. The van der Waals surface area contributed by atoms with Crippen LogP contribution in [0.5, 0.6) is 0 Å². The highest BCUT2D eigenvalue weighted by molar-refractivity contribution is 5.93. The van der Waals surface area contributed by atoms with Crippen LogP contribution in [0.4, 0.5) is 5.69 Å². The van der Waals surface area contributed by atoms with Gasteiger partial charge in [-0.1, -0.05) is 31.9 Å². The summed E-state index contributed by atoms with van der Waals surface area (Å²) >= 11 is 0. The molecule has 1 saturated carbocycles. The number of rotatable bonds is 5. The number of nitrogens with one attached hydrogen (secondary N) is 1. The van der Waals surface area contributed by atoms with Crippen LogP contribution >= 0.6 is 37.2 Å². The van der Waals surface area contributed by atoms with E-state index in [2.05, 4.69) is 34.2 Å². The van der Waals surface area contributed by atoms with Crippen LogP contribution in [0, 0.1) is 5.92 Å². The second-order valence-corrected chi connectivity index (χ2v) is 8.20. The van der Waals surface area contributed by atoms with Crippen molar-refractivity contribution in [1.29, 1.82) is 0 Å². The molecule has 0 aromatic heterocycles. The largest absolute Gasteiger partial charge is 0.326 e. The lowest BCUT2D eigenvalue weighted by molar-refractivity contribution is -0.122. The van der Waals surface area contributed by atoms with Gasteiger partial charge in [-0.15, -0.1) is 37.2 Å². The first-order chi connectivity index (χ1) is 12.5. The SMILES string of the molecule is CCN1CCN(Cc2ccc(NC(=O)C3CCCCC3(C)N)cc2)CC1.Cl.Cl.Cl. The first kappa shape index (κ1) is 28.4. The van der Waals surface area contributed by atoms with Gasteiger partial charge in [0.05, 0.1) is 5.92 Å². The normalized spacial score (nSPS) is 25.1. The molecule has 0 spiro atoms. The summed E-state index contributed by atoms with van der Waals surface area (Å²) in [6, 6.07) is 8.30. The molecule has 1 amide bonds. The van der Waals surface area contributed by atoms with Crippen molar-refractivity contribution in [1.82, 2.24) is 9.80 Å². The van der Waals surface area contributed by atoms with Gasteiger partial charge in [0.15, 0.2) is 0 Å². The molecule has 3 rings (SSSR count). The Hall–Kier alpha value is -0.560. The van der Waals surface area contributed by atoms with Crippen LogP contribution in [0.2, 0.25) is 0 Å². The summed E-state index contributed by atoms with van der Waals surface area (Å²) in [7, 11) is 0. The predicted molar refractivity (Wildman–Crippen MR) is 129 cm³/mol. The fourth-order valence-electron chi connectivity index (χ4n) is 4.23. The molecule has 1 aromatic carbocycles.